The number of rotatable bonds is 5. The number of aromatic nitrogens is 2. The summed E-state index contributed by atoms with van der Waals surface area (Å²) in [4.78, 5) is 42.4. The lowest BCUT2D eigenvalue weighted by Crippen LogP contribution is -2.18. The summed E-state index contributed by atoms with van der Waals surface area (Å²) in [6.45, 7) is 4.91. The molecule has 0 saturated carbocycles. The molecule has 3 N–H and O–H groups in total. The number of H-pyrrole nitrogens is 1. The monoisotopic (exact) mass is 409 g/mol. The summed E-state index contributed by atoms with van der Waals surface area (Å²) in [6, 6.07) is 7.25. The van der Waals surface area contributed by atoms with E-state index in [1.807, 2.05) is 6.07 Å². The highest BCUT2D eigenvalue weighted by Crippen LogP contribution is 2.28. The third kappa shape index (κ3) is 4.50. The minimum absolute atomic E-state index is 0.0761. The second-order valence-electron chi connectivity index (χ2n) is 6.60. The van der Waals surface area contributed by atoms with Crippen LogP contribution in [0.5, 0.6) is 0 Å². The van der Waals surface area contributed by atoms with Crippen LogP contribution in [-0.4, -0.2) is 21.8 Å². The topological polar surface area (TPSA) is 128 Å². The summed E-state index contributed by atoms with van der Waals surface area (Å²) < 4.78 is 0.845. The molecule has 148 valence electrons. The van der Waals surface area contributed by atoms with Crippen molar-refractivity contribution in [2.45, 2.75) is 33.6 Å². The van der Waals surface area contributed by atoms with Crippen molar-refractivity contribution in [1.82, 2.24) is 9.97 Å². The zero-order chi connectivity index (χ0) is 21.1. The van der Waals surface area contributed by atoms with Gasteiger partial charge in [0.15, 0.2) is 5.13 Å². The van der Waals surface area contributed by atoms with Crippen LogP contribution < -0.4 is 16.2 Å². The molecular formula is C20H19N5O3S. The number of carbonyl (C=O) groups is 2. The van der Waals surface area contributed by atoms with E-state index in [1.165, 1.54) is 18.3 Å². The van der Waals surface area contributed by atoms with Crippen LogP contribution in [-0.2, 0) is 16.0 Å². The molecule has 29 heavy (non-hydrogen) atoms. The number of nitrogens with zero attached hydrogens (tertiary/aromatic N) is 2. The first-order valence-electron chi connectivity index (χ1n) is 8.89. The largest absolute Gasteiger partial charge is 0.326 e. The van der Waals surface area contributed by atoms with Crippen molar-refractivity contribution >= 4 is 44.2 Å². The Bertz CT molecular complexity index is 1220. The van der Waals surface area contributed by atoms with Crippen LogP contribution in [0.3, 0.4) is 0 Å². The quantitative estimate of drug-likeness (QED) is 0.597. The summed E-state index contributed by atoms with van der Waals surface area (Å²) >= 11 is 1.32. The summed E-state index contributed by atoms with van der Waals surface area (Å²) in [6.07, 6.45) is 0.582. The van der Waals surface area contributed by atoms with Crippen molar-refractivity contribution in [1.29, 1.82) is 5.26 Å². The minimum atomic E-state index is -0.413. The van der Waals surface area contributed by atoms with Gasteiger partial charge in [0.1, 0.15) is 11.6 Å². The van der Waals surface area contributed by atoms with Gasteiger partial charge in [-0.1, -0.05) is 11.3 Å². The van der Waals surface area contributed by atoms with Gasteiger partial charge in [-0.25, -0.2) is 4.98 Å². The molecule has 2 heterocycles. The molecule has 0 aliphatic rings. The molecule has 0 aliphatic heterocycles. The first kappa shape index (κ1) is 20.2. The highest BCUT2D eigenvalue weighted by Gasteiger charge is 2.14. The number of amides is 2. The zero-order valence-corrected chi connectivity index (χ0v) is 17.0. The number of carbonyl (C=O) groups excluding carboxylic acids is 2. The fraction of sp³-hybridized carbons (Fsp3) is 0.250. The number of benzene rings is 1. The van der Waals surface area contributed by atoms with Crippen molar-refractivity contribution in [3.8, 4) is 6.07 Å². The van der Waals surface area contributed by atoms with Crippen molar-refractivity contribution in [3.63, 3.8) is 0 Å². The second-order valence-corrected chi connectivity index (χ2v) is 7.63. The lowest BCUT2D eigenvalue weighted by atomic mass is 9.99. The Morgan fingerprint density at radius 1 is 1.28 bits per heavy atom. The summed E-state index contributed by atoms with van der Waals surface area (Å²) in [5.41, 5.74) is 3.11. The maximum absolute atomic E-state index is 12.4. The van der Waals surface area contributed by atoms with Gasteiger partial charge in [0.05, 0.1) is 10.2 Å². The Morgan fingerprint density at radius 3 is 2.72 bits per heavy atom. The number of nitrogens with one attached hydrogen (secondary N) is 3. The molecule has 0 unspecified atom stereocenters. The molecule has 2 amide bonds. The molecule has 3 aromatic rings. The van der Waals surface area contributed by atoms with E-state index < -0.39 is 5.56 Å². The second kappa shape index (κ2) is 8.24. The van der Waals surface area contributed by atoms with Crippen LogP contribution in [0, 0.1) is 25.2 Å². The number of aryl methyl sites for hydroxylation is 1. The highest BCUT2D eigenvalue weighted by atomic mass is 32.1. The molecule has 0 saturated heterocycles. The van der Waals surface area contributed by atoms with Crippen LogP contribution in [0.2, 0.25) is 0 Å². The SMILES string of the molecule is CC(=O)Nc1ccc2nc(NC(=O)CCc3c(C)[nH]c(=O)c(C#N)c3C)sc2c1. The number of hydrogen-bond acceptors (Lipinski definition) is 6. The van der Waals surface area contributed by atoms with Gasteiger partial charge in [0.25, 0.3) is 5.56 Å². The van der Waals surface area contributed by atoms with Crippen LogP contribution in [0.4, 0.5) is 10.8 Å². The predicted molar refractivity (Wildman–Crippen MR) is 112 cm³/mol. The maximum atomic E-state index is 12.4. The smallest absolute Gasteiger partial charge is 0.266 e. The van der Waals surface area contributed by atoms with Crippen molar-refractivity contribution in [2.75, 3.05) is 10.6 Å². The van der Waals surface area contributed by atoms with E-state index in [1.54, 1.807) is 32.0 Å². The van der Waals surface area contributed by atoms with E-state index >= 15 is 0 Å². The molecule has 0 spiro atoms. The number of fused-ring (bicyclic) bond motifs is 1. The average molecular weight is 409 g/mol. The van der Waals surface area contributed by atoms with Crippen LogP contribution >= 0.6 is 11.3 Å². The van der Waals surface area contributed by atoms with Crippen molar-refractivity contribution < 1.29 is 9.59 Å². The van der Waals surface area contributed by atoms with Gasteiger partial charge in [-0.05, 0) is 49.6 Å². The first-order valence-corrected chi connectivity index (χ1v) is 9.70. The van der Waals surface area contributed by atoms with E-state index in [9.17, 15) is 14.4 Å². The van der Waals surface area contributed by atoms with Gasteiger partial charge in [-0.2, -0.15) is 5.26 Å². The molecule has 0 bridgehead atoms. The van der Waals surface area contributed by atoms with Crippen LogP contribution in [0.25, 0.3) is 10.2 Å². The van der Waals surface area contributed by atoms with Gasteiger partial charge in [-0.15, -0.1) is 0 Å². The van der Waals surface area contributed by atoms with Crippen LogP contribution in [0.1, 0.15) is 35.7 Å². The van der Waals surface area contributed by atoms with Gasteiger partial charge in [0.2, 0.25) is 11.8 Å². The summed E-state index contributed by atoms with van der Waals surface area (Å²) in [5, 5.41) is 15.1. The first-order chi connectivity index (χ1) is 13.8. The number of pyridine rings is 1. The molecule has 0 atom stereocenters. The zero-order valence-electron chi connectivity index (χ0n) is 16.2. The standard InChI is InChI=1S/C20H19N5O3S/c1-10-14(11(2)22-19(28)15(10)9-21)5-7-18(27)25-20-24-16-6-4-13(23-12(3)26)8-17(16)29-20/h4,6,8H,5,7H2,1-3H3,(H,22,28)(H,23,26)(H,24,25,27). The van der Waals surface area contributed by atoms with E-state index in [-0.39, 0.29) is 23.8 Å². The van der Waals surface area contributed by atoms with Crippen LogP contribution in [0.15, 0.2) is 23.0 Å². The molecule has 8 nitrogen and oxygen atoms in total. The van der Waals surface area contributed by atoms with E-state index in [0.717, 1.165) is 15.8 Å². The predicted octanol–water partition coefficient (Wildman–Crippen LogP) is 3.00. The summed E-state index contributed by atoms with van der Waals surface area (Å²) in [5.74, 6) is -0.371. The van der Waals surface area contributed by atoms with E-state index in [2.05, 4.69) is 20.6 Å². The molecule has 3 rings (SSSR count). The molecule has 2 aromatic heterocycles. The third-order valence-electron chi connectivity index (χ3n) is 4.48. The molecular weight excluding hydrogens is 390 g/mol. The van der Waals surface area contributed by atoms with Gasteiger partial charge < -0.3 is 15.6 Å². The minimum Gasteiger partial charge on any atom is -0.326 e. The van der Waals surface area contributed by atoms with Crippen molar-refractivity contribution in [3.05, 3.63) is 50.9 Å². The number of nitriles is 1. The molecule has 0 radical (unpaired) electrons. The lowest BCUT2D eigenvalue weighted by molar-refractivity contribution is -0.116. The Labute approximate surface area is 170 Å². The van der Waals surface area contributed by atoms with Gasteiger partial charge >= 0.3 is 0 Å². The lowest BCUT2D eigenvalue weighted by Gasteiger charge is -2.10. The molecule has 9 heteroatoms. The number of anilines is 2. The molecule has 1 aromatic carbocycles. The third-order valence-corrected chi connectivity index (χ3v) is 5.41. The number of aromatic amines is 1. The molecule has 0 fully saturated rings. The van der Waals surface area contributed by atoms with Gasteiger partial charge in [0, 0.05) is 24.7 Å². The van der Waals surface area contributed by atoms with Gasteiger partial charge in [-0.3, -0.25) is 14.4 Å². The van der Waals surface area contributed by atoms with Crippen molar-refractivity contribution in [2.24, 2.45) is 0 Å². The number of hydrogen-bond donors (Lipinski definition) is 3. The Kier molecular flexibility index (Phi) is 5.75. The van der Waals surface area contributed by atoms with E-state index in [0.29, 0.717) is 28.5 Å². The fourth-order valence-corrected chi connectivity index (χ4v) is 4.02. The average Bonchev–Trinajstić information content (AvgIpc) is 3.02. The Morgan fingerprint density at radius 2 is 2.03 bits per heavy atom. The Hall–Kier alpha value is -3.51. The maximum Gasteiger partial charge on any atom is 0.266 e. The Balaban J connectivity index is 1.71. The van der Waals surface area contributed by atoms with E-state index in [4.69, 9.17) is 5.26 Å². The highest BCUT2D eigenvalue weighted by molar-refractivity contribution is 7.22. The fourth-order valence-electron chi connectivity index (χ4n) is 3.10. The molecule has 0 aliphatic carbocycles. The normalized spacial score (nSPS) is 10.6. The number of thiazole rings is 1. The summed E-state index contributed by atoms with van der Waals surface area (Å²) in [7, 11) is 0.